The van der Waals surface area contributed by atoms with E-state index >= 15 is 0 Å². The Balaban J connectivity index is 3.60. The van der Waals surface area contributed by atoms with Crippen molar-refractivity contribution in [1.29, 1.82) is 0 Å². The first-order valence-electron chi connectivity index (χ1n) is 29.9. The van der Waals surface area contributed by atoms with Gasteiger partial charge in [-0.05, 0) is 64.2 Å². The van der Waals surface area contributed by atoms with Crippen molar-refractivity contribution in [2.75, 3.05) is 6.61 Å². The van der Waals surface area contributed by atoms with Crippen LogP contribution in [-0.4, -0.2) is 46.1 Å². The number of unbranched alkanes of at least 4 members (excludes halogenated alkanes) is 40. The van der Waals surface area contributed by atoms with Crippen LogP contribution in [0.25, 0.3) is 0 Å². The van der Waals surface area contributed by atoms with E-state index in [1.54, 1.807) is 6.08 Å². The molecular formula is C62H117NO4. The summed E-state index contributed by atoms with van der Waals surface area (Å²) in [6, 6.07) is -0.764. The maximum atomic E-state index is 12.5. The molecule has 67 heavy (non-hydrogen) atoms. The van der Waals surface area contributed by atoms with Gasteiger partial charge in [-0.25, -0.2) is 0 Å². The number of allylic oxidation sites excluding steroid dienone is 7. The minimum absolute atomic E-state index is 0.00431. The summed E-state index contributed by atoms with van der Waals surface area (Å²) in [6.45, 7) is 4.23. The minimum Gasteiger partial charge on any atom is -0.394 e. The highest BCUT2D eigenvalue weighted by atomic mass is 16.3. The number of nitrogens with one attached hydrogen (secondary N) is 1. The summed E-state index contributed by atoms with van der Waals surface area (Å²) < 4.78 is 0. The first kappa shape index (κ1) is 65.3. The van der Waals surface area contributed by atoms with Crippen molar-refractivity contribution in [3.8, 4) is 0 Å². The molecule has 1 amide bonds. The molecule has 0 aliphatic heterocycles. The van der Waals surface area contributed by atoms with Gasteiger partial charge in [0.15, 0.2) is 0 Å². The van der Waals surface area contributed by atoms with Crippen LogP contribution >= 0.6 is 0 Å². The van der Waals surface area contributed by atoms with Gasteiger partial charge in [-0.3, -0.25) is 4.79 Å². The zero-order valence-corrected chi connectivity index (χ0v) is 45.0. The third-order valence-corrected chi connectivity index (χ3v) is 13.8. The summed E-state index contributed by atoms with van der Waals surface area (Å²) in [7, 11) is 0. The van der Waals surface area contributed by atoms with E-state index in [1.165, 1.54) is 250 Å². The lowest BCUT2D eigenvalue weighted by Gasteiger charge is -2.21. The van der Waals surface area contributed by atoms with E-state index < -0.39 is 18.2 Å². The zero-order valence-electron chi connectivity index (χ0n) is 45.0. The quantitative estimate of drug-likeness (QED) is 0.0361. The van der Waals surface area contributed by atoms with Crippen LogP contribution in [0.1, 0.15) is 316 Å². The van der Waals surface area contributed by atoms with Gasteiger partial charge in [0.25, 0.3) is 0 Å². The van der Waals surface area contributed by atoms with Gasteiger partial charge in [-0.1, -0.05) is 294 Å². The average molecular weight is 941 g/mol. The molecule has 0 spiro atoms. The standard InChI is InChI=1S/C62H117NO4/c1-3-5-7-9-11-13-15-17-19-21-23-25-27-29-30-32-33-35-37-39-41-43-45-47-49-51-53-55-59(65)57-62(67)63-60(58-64)61(66)56-54-52-50-48-46-44-42-40-38-36-34-31-28-26-24-22-20-18-16-14-12-10-8-6-4-2/h23,25,29-30,46,48,54,56,59-61,64-66H,3-22,24,26-28,31-45,47,49-53,55,57-58H2,1-2H3,(H,63,67)/b25-23-,30-29-,48-46+,56-54+. The molecule has 4 N–H and O–H groups in total. The van der Waals surface area contributed by atoms with Crippen LogP contribution in [0.4, 0.5) is 0 Å². The van der Waals surface area contributed by atoms with E-state index in [2.05, 4.69) is 55.6 Å². The minimum atomic E-state index is -0.955. The first-order chi connectivity index (χ1) is 33.0. The van der Waals surface area contributed by atoms with Gasteiger partial charge in [-0.15, -0.1) is 0 Å². The second kappa shape index (κ2) is 56.9. The Bertz CT molecular complexity index is 1080. The lowest BCUT2D eigenvalue weighted by Crippen LogP contribution is -2.45. The van der Waals surface area contributed by atoms with Gasteiger partial charge in [0, 0.05) is 0 Å². The molecule has 0 heterocycles. The van der Waals surface area contributed by atoms with E-state index in [-0.39, 0.29) is 18.9 Å². The van der Waals surface area contributed by atoms with Crippen LogP contribution in [0.5, 0.6) is 0 Å². The fourth-order valence-corrected chi connectivity index (χ4v) is 9.27. The Labute approximate surface area is 418 Å². The van der Waals surface area contributed by atoms with Crippen LogP contribution in [-0.2, 0) is 4.79 Å². The van der Waals surface area contributed by atoms with Crippen LogP contribution in [0.15, 0.2) is 48.6 Å². The molecule has 0 radical (unpaired) electrons. The van der Waals surface area contributed by atoms with E-state index in [9.17, 15) is 20.1 Å². The number of aliphatic hydroxyl groups is 3. The molecule has 0 aromatic heterocycles. The first-order valence-corrected chi connectivity index (χ1v) is 29.9. The molecule has 0 aliphatic rings. The molecule has 0 aliphatic carbocycles. The number of rotatable bonds is 55. The Morgan fingerprint density at radius 1 is 0.388 bits per heavy atom. The van der Waals surface area contributed by atoms with E-state index in [1.807, 2.05) is 6.08 Å². The molecule has 5 heteroatoms. The van der Waals surface area contributed by atoms with Gasteiger partial charge < -0.3 is 20.6 Å². The fraction of sp³-hybridized carbons (Fsp3) is 0.855. The zero-order chi connectivity index (χ0) is 48.6. The van der Waals surface area contributed by atoms with Gasteiger partial charge in [0.1, 0.15) is 0 Å². The van der Waals surface area contributed by atoms with E-state index in [0.717, 1.165) is 38.5 Å². The van der Waals surface area contributed by atoms with E-state index in [0.29, 0.717) is 6.42 Å². The Morgan fingerprint density at radius 2 is 0.687 bits per heavy atom. The summed E-state index contributed by atoms with van der Waals surface area (Å²) in [6.07, 6.45) is 76.0. The predicted molar refractivity (Wildman–Crippen MR) is 296 cm³/mol. The van der Waals surface area contributed by atoms with Crippen molar-refractivity contribution in [1.82, 2.24) is 5.32 Å². The summed E-state index contributed by atoms with van der Waals surface area (Å²) >= 11 is 0. The van der Waals surface area contributed by atoms with Crippen LogP contribution < -0.4 is 5.32 Å². The van der Waals surface area contributed by atoms with Crippen LogP contribution in [0.3, 0.4) is 0 Å². The van der Waals surface area contributed by atoms with Crippen molar-refractivity contribution < 1.29 is 20.1 Å². The molecule has 0 aromatic rings. The summed E-state index contributed by atoms with van der Waals surface area (Å²) in [5, 5.41) is 33.5. The monoisotopic (exact) mass is 940 g/mol. The van der Waals surface area contributed by atoms with Gasteiger partial charge in [0.05, 0.1) is 31.3 Å². The van der Waals surface area contributed by atoms with Crippen molar-refractivity contribution in [2.24, 2.45) is 0 Å². The number of carbonyl (C=O) groups is 1. The molecule has 3 atom stereocenters. The largest absolute Gasteiger partial charge is 0.394 e. The second-order valence-electron chi connectivity index (χ2n) is 20.6. The molecule has 5 nitrogen and oxygen atoms in total. The van der Waals surface area contributed by atoms with Crippen molar-refractivity contribution >= 4 is 5.91 Å². The Morgan fingerprint density at radius 3 is 1.04 bits per heavy atom. The van der Waals surface area contributed by atoms with Crippen molar-refractivity contribution in [3.63, 3.8) is 0 Å². The maximum Gasteiger partial charge on any atom is 0.222 e. The van der Waals surface area contributed by atoms with E-state index in [4.69, 9.17) is 0 Å². The normalized spacial score (nSPS) is 13.6. The summed E-state index contributed by atoms with van der Waals surface area (Å²) in [5.41, 5.74) is 0. The molecule has 0 bridgehead atoms. The predicted octanol–water partition coefficient (Wildman–Crippen LogP) is 18.8. The second-order valence-corrected chi connectivity index (χ2v) is 20.6. The highest BCUT2D eigenvalue weighted by Crippen LogP contribution is 2.17. The number of amides is 1. The number of aliphatic hydroxyl groups excluding tert-OH is 3. The fourth-order valence-electron chi connectivity index (χ4n) is 9.27. The van der Waals surface area contributed by atoms with Gasteiger partial charge in [0.2, 0.25) is 5.91 Å². The summed E-state index contributed by atoms with van der Waals surface area (Å²) in [5.74, 6) is -0.323. The third-order valence-electron chi connectivity index (χ3n) is 13.8. The molecule has 0 saturated heterocycles. The van der Waals surface area contributed by atoms with Crippen molar-refractivity contribution in [3.05, 3.63) is 48.6 Å². The topological polar surface area (TPSA) is 89.8 Å². The molecule has 0 saturated carbocycles. The maximum absolute atomic E-state index is 12.5. The highest BCUT2D eigenvalue weighted by Gasteiger charge is 2.20. The van der Waals surface area contributed by atoms with Crippen LogP contribution in [0, 0.1) is 0 Å². The van der Waals surface area contributed by atoms with Gasteiger partial charge >= 0.3 is 0 Å². The third kappa shape index (κ3) is 53.5. The highest BCUT2D eigenvalue weighted by molar-refractivity contribution is 5.76. The Kier molecular flexibility index (Phi) is 55.5. The van der Waals surface area contributed by atoms with Crippen molar-refractivity contribution in [2.45, 2.75) is 334 Å². The molecular weight excluding hydrogens is 823 g/mol. The molecule has 0 rings (SSSR count). The van der Waals surface area contributed by atoms with Crippen LogP contribution in [0.2, 0.25) is 0 Å². The number of hydrogen-bond donors (Lipinski definition) is 4. The number of carbonyl (C=O) groups excluding carboxylic acids is 1. The average Bonchev–Trinajstić information content (AvgIpc) is 3.32. The van der Waals surface area contributed by atoms with Gasteiger partial charge in [-0.2, -0.15) is 0 Å². The molecule has 394 valence electrons. The lowest BCUT2D eigenvalue weighted by atomic mass is 10.0. The SMILES string of the molecule is CCCCCCCCCCC/C=C\C/C=C\CCCCCCCCCCCCCC(O)CC(=O)NC(CO)C(O)/C=C/CC/C=C/CCCCCCCCCCCCCCCCCCCCC. The smallest absolute Gasteiger partial charge is 0.222 e. The molecule has 0 aromatic carbocycles. The summed E-state index contributed by atoms with van der Waals surface area (Å²) in [4.78, 5) is 12.5. The molecule has 0 fully saturated rings. The molecule has 3 unspecified atom stereocenters. The lowest BCUT2D eigenvalue weighted by molar-refractivity contribution is -0.124. The number of hydrogen-bond acceptors (Lipinski definition) is 4. The Hall–Kier alpha value is -1.69.